The molecule has 0 aliphatic rings. The molecule has 2 rings (SSSR count). The van der Waals surface area contributed by atoms with Crippen LogP contribution in [0.5, 0.6) is 0 Å². The molecule has 2 aromatic rings. The van der Waals surface area contributed by atoms with E-state index in [2.05, 4.69) is 80.5 Å². The Bertz CT molecular complexity index is 510. The first-order valence-electron chi connectivity index (χ1n) is 5.92. The van der Waals surface area contributed by atoms with Crippen molar-refractivity contribution in [1.82, 2.24) is 5.32 Å². The quantitative estimate of drug-likeness (QED) is 0.711. The summed E-state index contributed by atoms with van der Waals surface area (Å²) in [6, 6.07) is 13.2. The van der Waals surface area contributed by atoms with E-state index in [4.69, 9.17) is 0 Å². The molecular formula is C14H15Br2NS. The second-order valence-corrected chi connectivity index (χ2v) is 7.57. The lowest BCUT2D eigenvalue weighted by Crippen LogP contribution is -2.19. The summed E-state index contributed by atoms with van der Waals surface area (Å²) in [7, 11) is 0. The largest absolute Gasteiger partial charge is 0.305 e. The normalized spacial score (nSPS) is 12.6. The molecule has 0 radical (unpaired) electrons. The van der Waals surface area contributed by atoms with Crippen LogP contribution in [0.15, 0.2) is 44.7 Å². The van der Waals surface area contributed by atoms with Gasteiger partial charge in [-0.3, -0.25) is 0 Å². The highest BCUT2D eigenvalue weighted by atomic mass is 79.9. The Hall–Kier alpha value is -0.160. The van der Waals surface area contributed by atoms with Crippen molar-refractivity contribution in [1.29, 1.82) is 0 Å². The maximum atomic E-state index is 3.61. The van der Waals surface area contributed by atoms with Crippen molar-refractivity contribution in [2.45, 2.75) is 25.9 Å². The fourth-order valence-corrected chi connectivity index (χ4v) is 3.74. The first-order chi connectivity index (χ1) is 8.69. The molecule has 0 fully saturated rings. The summed E-state index contributed by atoms with van der Waals surface area (Å²) in [5.41, 5.74) is 1.34. The summed E-state index contributed by atoms with van der Waals surface area (Å²) in [4.78, 5) is 1.36. The molecular weight excluding hydrogens is 374 g/mol. The van der Waals surface area contributed by atoms with E-state index in [1.54, 1.807) is 11.3 Å². The van der Waals surface area contributed by atoms with Crippen LogP contribution in [0.25, 0.3) is 0 Å². The van der Waals surface area contributed by atoms with Gasteiger partial charge in [0.2, 0.25) is 0 Å². The number of rotatable bonds is 5. The van der Waals surface area contributed by atoms with Crippen molar-refractivity contribution in [2.75, 3.05) is 0 Å². The van der Waals surface area contributed by atoms with Gasteiger partial charge in [-0.15, -0.1) is 11.3 Å². The third-order valence-electron chi connectivity index (χ3n) is 2.81. The summed E-state index contributed by atoms with van der Waals surface area (Å²) in [5, 5.41) is 3.61. The van der Waals surface area contributed by atoms with Crippen molar-refractivity contribution in [3.63, 3.8) is 0 Å². The monoisotopic (exact) mass is 387 g/mol. The molecule has 1 heterocycles. The van der Waals surface area contributed by atoms with Crippen LogP contribution in [0.1, 0.15) is 29.8 Å². The predicted octanol–water partition coefficient (Wildman–Crippen LogP) is 5.51. The van der Waals surface area contributed by atoms with Crippen molar-refractivity contribution < 1.29 is 0 Å². The predicted molar refractivity (Wildman–Crippen MR) is 86.0 cm³/mol. The second kappa shape index (κ2) is 6.85. The Kier molecular flexibility index (Phi) is 5.42. The zero-order valence-electron chi connectivity index (χ0n) is 10.1. The van der Waals surface area contributed by atoms with E-state index >= 15 is 0 Å². The van der Waals surface area contributed by atoms with Gasteiger partial charge in [-0.05, 0) is 52.2 Å². The lowest BCUT2D eigenvalue weighted by Gasteiger charge is -2.17. The van der Waals surface area contributed by atoms with Crippen LogP contribution >= 0.6 is 43.2 Å². The summed E-state index contributed by atoms with van der Waals surface area (Å²) in [6.07, 6.45) is 1.09. The van der Waals surface area contributed by atoms with Crippen molar-refractivity contribution in [3.8, 4) is 0 Å². The fraction of sp³-hybridized carbons (Fsp3) is 0.286. The van der Waals surface area contributed by atoms with E-state index in [9.17, 15) is 0 Å². The van der Waals surface area contributed by atoms with E-state index in [1.807, 2.05) is 0 Å². The standard InChI is InChI=1S/C14H15Br2NS/c1-2-13(10-4-3-5-11(15)8-10)17-9-12-6-7-14(16)18-12/h3-8,13,17H,2,9H2,1H3. The molecule has 96 valence electrons. The average Bonchev–Trinajstić information content (AvgIpc) is 2.76. The van der Waals surface area contributed by atoms with Crippen LogP contribution in [-0.2, 0) is 6.54 Å². The summed E-state index contributed by atoms with van der Waals surface area (Å²) >= 11 is 8.81. The van der Waals surface area contributed by atoms with Gasteiger partial charge in [-0.1, -0.05) is 35.0 Å². The summed E-state index contributed by atoms with van der Waals surface area (Å²) in [5.74, 6) is 0. The van der Waals surface area contributed by atoms with Crippen LogP contribution in [0, 0.1) is 0 Å². The Morgan fingerprint density at radius 3 is 2.67 bits per heavy atom. The van der Waals surface area contributed by atoms with E-state index in [-0.39, 0.29) is 0 Å². The number of hydrogen-bond donors (Lipinski definition) is 1. The van der Waals surface area contributed by atoms with Gasteiger partial charge in [-0.25, -0.2) is 0 Å². The summed E-state index contributed by atoms with van der Waals surface area (Å²) in [6.45, 7) is 3.13. The molecule has 0 amide bonds. The number of hydrogen-bond acceptors (Lipinski definition) is 2. The number of benzene rings is 1. The fourth-order valence-electron chi connectivity index (χ4n) is 1.89. The Morgan fingerprint density at radius 1 is 1.22 bits per heavy atom. The molecule has 1 atom stereocenters. The topological polar surface area (TPSA) is 12.0 Å². The highest BCUT2D eigenvalue weighted by molar-refractivity contribution is 9.11. The molecule has 1 aromatic heterocycles. The molecule has 1 unspecified atom stereocenters. The van der Waals surface area contributed by atoms with Gasteiger partial charge in [0.05, 0.1) is 3.79 Å². The molecule has 0 bridgehead atoms. The molecule has 1 nitrogen and oxygen atoms in total. The SMILES string of the molecule is CCC(NCc1ccc(Br)s1)c1cccc(Br)c1. The van der Waals surface area contributed by atoms with Gasteiger partial charge in [-0.2, -0.15) is 0 Å². The van der Waals surface area contributed by atoms with Gasteiger partial charge in [0.1, 0.15) is 0 Å². The molecule has 0 saturated heterocycles. The average molecular weight is 389 g/mol. The van der Waals surface area contributed by atoms with Gasteiger partial charge in [0.25, 0.3) is 0 Å². The summed E-state index contributed by atoms with van der Waals surface area (Å²) < 4.78 is 2.33. The minimum Gasteiger partial charge on any atom is -0.305 e. The minimum atomic E-state index is 0.406. The molecule has 1 N–H and O–H groups in total. The van der Waals surface area contributed by atoms with E-state index in [0.717, 1.165) is 17.4 Å². The number of nitrogens with one attached hydrogen (secondary N) is 1. The van der Waals surface area contributed by atoms with Crippen molar-refractivity contribution >= 4 is 43.2 Å². The molecule has 4 heteroatoms. The third-order valence-corrected chi connectivity index (χ3v) is 4.93. The Labute approximate surface area is 129 Å². The third kappa shape index (κ3) is 3.92. The number of halogens is 2. The molecule has 0 aliphatic heterocycles. The van der Waals surface area contributed by atoms with Crippen molar-refractivity contribution in [2.24, 2.45) is 0 Å². The smallest absolute Gasteiger partial charge is 0.0701 e. The van der Waals surface area contributed by atoms with E-state index in [0.29, 0.717) is 6.04 Å². The molecule has 0 spiro atoms. The lowest BCUT2D eigenvalue weighted by atomic mass is 10.0. The lowest BCUT2D eigenvalue weighted by molar-refractivity contribution is 0.522. The molecule has 0 saturated carbocycles. The molecule has 1 aromatic carbocycles. The van der Waals surface area contributed by atoms with Crippen LogP contribution in [-0.4, -0.2) is 0 Å². The van der Waals surface area contributed by atoms with Gasteiger partial charge >= 0.3 is 0 Å². The maximum absolute atomic E-state index is 3.61. The molecule has 18 heavy (non-hydrogen) atoms. The zero-order valence-corrected chi connectivity index (χ0v) is 14.1. The van der Waals surface area contributed by atoms with E-state index in [1.165, 1.54) is 14.2 Å². The van der Waals surface area contributed by atoms with Crippen LogP contribution in [0.2, 0.25) is 0 Å². The Balaban J connectivity index is 2.01. The van der Waals surface area contributed by atoms with Gasteiger partial charge in [0.15, 0.2) is 0 Å². The highest BCUT2D eigenvalue weighted by Gasteiger charge is 2.09. The first-order valence-corrected chi connectivity index (χ1v) is 8.32. The van der Waals surface area contributed by atoms with Gasteiger partial charge < -0.3 is 5.32 Å². The minimum absolute atomic E-state index is 0.406. The Morgan fingerprint density at radius 2 is 2.06 bits per heavy atom. The van der Waals surface area contributed by atoms with Crippen molar-refractivity contribution in [3.05, 3.63) is 55.1 Å². The zero-order chi connectivity index (χ0) is 13.0. The van der Waals surface area contributed by atoms with Gasteiger partial charge in [0, 0.05) is 21.9 Å². The maximum Gasteiger partial charge on any atom is 0.0701 e. The number of thiophene rings is 1. The second-order valence-electron chi connectivity index (χ2n) is 4.10. The van der Waals surface area contributed by atoms with Crippen LogP contribution in [0.4, 0.5) is 0 Å². The highest BCUT2D eigenvalue weighted by Crippen LogP contribution is 2.24. The van der Waals surface area contributed by atoms with E-state index < -0.39 is 0 Å². The first kappa shape index (κ1) is 14.3. The van der Waals surface area contributed by atoms with Crippen LogP contribution in [0.3, 0.4) is 0 Å². The molecule has 0 aliphatic carbocycles. The van der Waals surface area contributed by atoms with Crippen LogP contribution < -0.4 is 5.32 Å².